The molecule has 1 atom stereocenters. The molecule has 2 aromatic rings. The molecule has 5 N–H and O–H groups in total. The number of allylic oxidation sites excluding steroid dienone is 1. The lowest BCUT2D eigenvalue weighted by atomic mass is 9.95. The minimum absolute atomic E-state index is 0.0229. The Hall–Kier alpha value is -3.74. The highest BCUT2D eigenvalue weighted by molar-refractivity contribution is 5.95. The van der Waals surface area contributed by atoms with Crippen LogP contribution in [0.3, 0.4) is 0 Å². The molecule has 7 nitrogen and oxygen atoms in total. The quantitative estimate of drug-likeness (QED) is 0.579. The molecule has 2 aromatic carbocycles. The SMILES string of the molecule is O=C1NC(/C=C/c2ccc(O)cc2)=C(C(=O)O)C(c2ccc(O)cc2)N1. The van der Waals surface area contributed by atoms with E-state index in [0.29, 0.717) is 5.56 Å². The van der Waals surface area contributed by atoms with Crippen LogP contribution in [0.2, 0.25) is 0 Å². The first-order chi connectivity index (χ1) is 12.4. The van der Waals surface area contributed by atoms with Crippen LogP contribution in [0.1, 0.15) is 17.2 Å². The van der Waals surface area contributed by atoms with Gasteiger partial charge in [0, 0.05) is 0 Å². The van der Waals surface area contributed by atoms with Crippen LogP contribution in [0.25, 0.3) is 6.08 Å². The fraction of sp³-hybridized carbons (Fsp3) is 0.0526. The molecule has 132 valence electrons. The van der Waals surface area contributed by atoms with Crippen molar-refractivity contribution in [3.8, 4) is 11.5 Å². The maximum atomic E-state index is 12.0. The first kappa shape index (κ1) is 17.1. The lowest BCUT2D eigenvalue weighted by Crippen LogP contribution is -2.45. The summed E-state index contributed by atoms with van der Waals surface area (Å²) in [6, 6.07) is 10.9. The monoisotopic (exact) mass is 352 g/mol. The van der Waals surface area contributed by atoms with Gasteiger partial charge in [0.2, 0.25) is 0 Å². The van der Waals surface area contributed by atoms with Crippen LogP contribution in [0.15, 0.2) is 65.9 Å². The van der Waals surface area contributed by atoms with Gasteiger partial charge in [-0.15, -0.1) is 0 Å². The number of amides is 2. The van der Waals surface area contributed by atoms with E-state index in [9.17, 15) is 24.9 Å². The molecule has 1 aliphatic heterocycles. The Balaban J connectivity index is 2.01. The summed E-state index contributed by atoms with van der Waals surface area (Å²) < 4.78 is 0. The predicted molar refractivity (Wildman–Crippen MR) is 94.3 cm³/mol. The van der Waals surface area contributed by atoms with E-state index in [4.69, 9.17) is 0 Å². The summed E-state index contributed by atoms with van der Waals surface area (Å²) in [7, 11) is 0. The van der Waals surface area contributed by atoms with Crippen LogP contribution in [0.4, 0.5) is 4.79 Å². The van der Waals surface area contributed by atoms with Crippen LogP contribution in [-0.4, -0.2) is 27.3 Å². The molecule has 0 saturated heterocycles. The highest BCUT2D eigenvalue weighted by atomic mass is 16.4. The molecule has 3 rings (SSSR count). The number of carbonyl (C=O) groups excluding carboxylic acids is 1. The molecule has 0 bridgehead atoms. The van der Waals surface area contributed by atoms with Gasteiger partial charge in [-0.2, -0.15) is 0 Å². The van der Waals surface area contributed by atoms with Gasteiger partial charge < -0.3 is 26.0 Å². The van der Waals surface area contributed by atoms with E-state index in [1.165, 1.54) is 30.3 Å². The Kier molecular flexibility index (Phi) is 4.62. The zero-order chi connectivity index (χ0) is 18.7. The maximum absolute atomic E-state index is 12.0. The summed E-state index contributed by atoms with van der Waals surface area (Å²) in [6.45, 7) is 0. The zero-order valence-electron chi connectivity index (χ0n) is 13.5. The number of carboxylic acids is 1. The van der Waals surface area contributed by atoms with Gasteiger partial charge in [-0.25, -0.2) is 9.59 Å². The van der Waals surface area contributed by atoms with Gasteiger partial charge in [0.1, 0.15) is 11.5 Å². The Morgan fingerprint density at radius 3 is 2.08 bits per heavy atom. The number of rotatable bonds is 4. The smallest absolute Gasteiger partial charge is 0.336 e. The van der Waals surface area contributed by atoms with Crippen molar-refractivity contribution in [1.82, 2.24) is 10.6 Å². The Morgan fingerprint density at radius 1 is 0.923 bits per heavy atom. The molecule has 2 amide bonds. The van der Waals surface area contributed by atoms with Crippen LogP contribution in [0, 0.1) is 0 Å². The number of nitrogens with one attached hydrogen (secondary N) is 2. The second-order valence-corrected chi connectivity index (χ2v) is 5.68. The van der Waals surface area contributed by atoms with E-state index in [0.717, 1.165) is 5.56 Å². The van der Waals surface area contributed by atoms with Gasteiger partial charge in [0.05, 0.1) is 17.3 Å². The summed E-state index contributed by atoms with van der Waals surface area (Å²) in [6.07, 6.45) is 3.14. The number of hydrogen-bond donors (Lipinski definition) is 5. The lowest BCUT2D eigenvalue weighted by molar-refractivity contribution is -0.133. The Bertz CT molecular complexity index is 899. The number of phenolic OH excluding ortho intramolecular Hbond substituents is 2. The highest BCUT2D eigenvalue weighted by Gasteiger charge is 2.31. The molecule has 0 radical (unpaired) electrons. The average Bonchev–Trinajstić information content (AvgIpc) is 2.61. The predicted octanol–water partition coefficient (Wildman–Crippen LogP) is 2.50. The minimum Gasteiger partial charge on any atom is -0.508 e. The minimum atomic E-state index is -1.18. The van der Waals surface area contributed by atoms with Crippen LogP contribution in [-0.2, 0) is 4.79 Å². The van der Waals surface area contributed by atoms with Crippen LogP contribution >= 0.6 is 0 Å². The number of urea groups is 1. The van der Waals surface area contributed by atoms with Gasteiger partial charge in [-0.1, -0.05) is 30.3 Å². The van der Waals surface area contributed by atoms with E-state index in [1.54, 1.807) is 30.3 Å². The Labute approximate surface area is 148 Å². The number of carboxylic acid groups (broad SMARTS) is 1. The lowest BCUT2D eigenvalue weighted by Gasteiger charge is -2.27. The molecule has 0 aliphatic carbocycles. The van der Waals surface area contributed by atoms with Crippen LogP contribution < -0.4 is 10.6 Å². The third kappa shape index (κ3) is 3.67. The number of carbonyl (C=O) groups is 2. The number of phenols is 2. The summed E-state index contributed by atoms with van der Waals surface area (Å²) >= 11 is 0. The van der Waals surface area contributed by atoms with Crippen molar-refractivity contribution < 1.29 is 24.9 Å². The molecular weight excluding hydrogens is 336 g/mol. The van der Waals surface area contributed by atoms with Gasteiger partial charge in [-0.3, -0.25) is 0 Å². The summed E-state index contributed by atoms with van der Waals surface area (Å²) in [4.78, 5) is 23.8. The molecule has 1 unspecified atom stereocenters. The molecular formula is C19H16N2O5. The molecule has 0 saturated carbocycles. The summed E-state index contributed by atoms with van der Waals surface area (Å²) in [5.41, 5.74) is 1.40. The van der Waals surface area contributed by atoms with Gasteiger partial charge in [-0.05, 0) is 41.5 Å². The fourth-order valence-corrected chi connectivity index (χ4v) is 2.64. The standard InChI is InChI=1S/C19H16N2O5/c22-13-6-1-11(2-7-13)3-10-15-16(18(24)25)17(21-19(26)20-15)12-4-8-14(23)9-5-12/h1-10,17,22-23H,(H,24,25)(H2,20,21,26)/b10-3+. The van der Waals surface area contributed by atoms with Crippen molar-refractivity contribution in [2.75, 3.05) is 0 Å². The largest absolute Gasteiger partial charge is 0.508 e. The second kappa shape index (κ2) is 7.02. The zero-order valence-corrected chi connectivity index (χ0v) is 13.5. The average molecular weight is 352 g/mol. The third-order valence-electron chi connectivity index (χ3n) is 3.89. The normalized spacial score (nSPS) is 17.1. The first-order valence-corrected chi connectivity index (χ1v) is 7.75. The van der Waals surface area contributed by atoms with Crippen LogP contribution in [0.5, 0.6) is 11.5 Å². The van der Waals surface area contributed by atoms with Gasteiger partial charge in [0.15, 0.2) is 0 Å². The topological polar surface area (TPSA) is 119 Å². The molecule has 0 fully saturated rings. The van der Waals surface area contributed by atoms with E-state index >= 15 is 0 Å². The molecule has 1 heterocycles. The van der Waals surface area contributed by atoms with Gasteiger partial charge >= 0.3 is 12.0 Å². The molecule has 1 aliphatic rings. The Morgan fingerprint density at radius 2 is 1.50 bits per heavy atom. The van der Waals surface area contributed by atoms with E-state index in [-0.39, 0.29) is 22.8 Å². The molecule has 0 spiro atoms. The maximum Gasteiger partial charge on any atom is 0.336 e. The number of aromatic hydroxyl groups is 2. The fourth-order valence-electron chi connectivity index (χ4n) is 2.64. The third-order valence-corrected chi connectivity index (χ3v) is 3.89. The second-order valence-electron chi connectivity index (χ2n) is 5.68. The van der Waals surface area contributed by atoms with Crippen molar-refractivity contribution in [2.45, 2.75) is 6.04 Å². The molecule has 7 heteroatoms. The number of aliphatic carboxylic acids is 1. The van der Waals surface area contributed by atoms with E-state index in [1.807, 2.05) is 0 Å². The van der Waals surface area contributed by atoms with E-state index < -0.39 is 18.0 Å². The summed E-state index contributed by atoms with van der Waals surface area (Å²) in [5, 5.41) is 33.5. The van der Waals surface area contributed by atoms with Gasteiger partial charge in [0.25, 0.3) is 0 Å². The van der Waals surface area contributed by atoms with Crippen molar-refractivity contribution in [2.24, 2.45) is 0 Å². The first-order valence-electron chi connectivity index (χ1n) is 7.75. The van der Waals surface area contributed by atoms with Crippen molar-refractivity contribution in [3.05, 3.63) is 77.0 Å². The van der Waals surface area contributed by atoms with Crippen molar-refractivity contribution in [3.63, 3.8) is 0 Å². The van der Waals surface area contributed by atoms with Crippen molar-refractivity contribution >= 4 is 18.1 Å². The van der Waals surface area contributed by atoms with E-state index in [2.05, 4.69) is 10.6 Å². The molecule has 0 aromatic heterocycles. The number of benzene rings is 2. The molecule has 26 heavy (non-hydrogen) atoms. The number of hydrogen-bond acceptors (Lipinski definition) is 4. The highest BCUT2D eigenvalue weighted by Crippen LogP contribution is 2.28. The summed E-state index contributed by atoms with van der Waals surface area (Å²) in [5.74, 6) is -1.02. The van der Waals surface area contributed by atoms with Crippen molar-refractivity contribution in [1.29, 1.82) is 0 Å².